The van der Waals surface area contributed by atoms with Crippen molar-refractivity contribution >= 4 is 32.2 Å². The Labute approximate surface area is 176 Å². The Morgan fingerprint density at radius 2 is 1.73 bits per heavy atom. The average Bonchev–Trinajstić information content (AvgIpc) is 3.13. The Morgan fingerprint density at radius 3 is 2.30 bits per heavy atom. The number of pyridine rings is 1. The van der Waals surface area contributed by atoms with Crippen LogP contribution >= 0.6 is 11.3 Å². The monoisotopic (exact) mass is 451 g/mol. The van der Waals surface area contributed by atoms with Gasteiger partial charge in [0.25, 0.3) is 5.91 Å². The summed E-state index contributed by atoms with van der Waals surface area (Å²) in [6.45, 7) is 4.71. The number of nitrogens with zero attached hydrogens (tertiary/aromatic N) is 2. The third kappa shape index (κ3) is 4.24. The number of hydrogen-bond donors (Lipinski definition) is 1. The van der Waals surface area contributed by atoms with Gasteiger partial charge in [0.1, 0.15) is 21.5 Å². The van der Waals surface area contributed by atoms with Gasteiger partial charge in [-0.1, -0.05) is 37.3 Å². The largest absolute Gasteiger partial charge is 0.296 e. The molecule has 0 aliphatic rings. The van der Waals surface area contributed by atoms with Gasteiger partial charge in [-0.2, -0.15) is 0 Å². The van der Waals surface area contributed by atoms with Crippen LogP contribution in [-0.2, 0) is 9.84 Å². The number of sulfone groups is 1. The summed E-state index contributed by atoms with van der Waals surface area (Å²) >= 11 is 0.749. The molecule has 3 aromatic rings. The predicted molar refractivity (Wildman–Crippen MR) is 110 cm³/mol. The molecule has 1 amide bonds. The van der Waals surface area contributed by atoms with Crippen LogP contribution in [0, 0.1) is 11.6 Å². The molecular formula is C20H19F2N3O3S2. The molecule has 0 spiro atoms. The van der Waals surface area contributed by atoms with Gasteiger partial charge in [-0.05, 0) is 37.1 Å². The fourth-order valence-electron chi connectivity index (χ4n) is 2.81. The number of benzene rings is 1. The van der Waals surface area contributed by atoms with E-state index in [1.165, 1.54) is 25.3 Å². The van der Waals surface area contributed by atoms with Crippen LogP contribution in [0.4, 0.5) is 13.9 Å². The van der Waals surface area contributed by atoms with Gasteiger partial charge in [0, 0.05) is 11.8 Å². The van der Waals surface area contributed by atoms with Crippen LogP contribution in [0.25, 0.3) is 0 Å². The van der Waals surface area contributed by atoms with Gasteiger partial charge in [0.05, 0.1) is 10.9 Å². The van der Waals surface area contributed by atoms with Gasteiger partial charge < -0.3 is 0 Å². The zero-order valence-corrected chi connectivity index (χ0v) is 18.0. The summed E-state index contributed by atoms with van der Waals surface area (Å²) in [6.07, 6.45) is 1.46. The van der Waals surface area contributed by atoms with Crippen molar-refractivity contribution in [2.45, 2.75) is 36.1 Å². The van der Waals surface area contributed by atoms with E-state index in [1.807, 2.05) is 0 Å². The van der Waals surface area contributed by atoms with E-state index in [-0.39, 0.29) is 26.6 Å². The summed E-state index contributed by atoms with van der Waals surface area (Å²) in [5.41, 5.74) is -0.162. The second-order valence-corrected chi connectivity index (χ2v) is 10.3. The van der Waals surface area contributed by atoms with Crippen molar-refractivity contribution in [2.24, 2.45) is 0 Å². The lowest BCUT2D eigenvalue weighted by molar-refractivity contribution is 0.102. The van der Waals surface area contributed by atoms with Crippen LogP contribution < -0.4 is 5.32 Å². The van der Waals surface area contributed by atoms with Crippen LogP contribution in [0.3, 0.4) is 0 Å². The maximum absolute atomic E-state index is 14.2. The molecule has 10 heteroatoms. The van der Waals surface area contributed by atoms with E-state index >= 15 is 0 Å². The third-order valence-corrected chi connectivity index (χ3v) is 8.04. The normalized spacial score (nSPS) is 12.7. The number of rotatable bonds is 6. The van der Waals surface area contributed by atoms with Crippen LogP contribution in [0.5, 0.6) is 0 Å². The molecule has 0 radical (unpaired) electrons. The third-order valence-electron chi connectivity index (χ3n) is 4.42. The zero-order valence-electron chi connectivity index (χ0n) is 16.4. The quantitative estimate of drug-likeness (QED) is 0.585. The topological polar surface area (TPSA) is 89.0 Å². The maximum atomic E-state index is 14.2. The van der Waals surface area contributed by atoms with E-state index in [0.29, 0.717) is 0 Å². The lowest BCUT2D eigenvalue weighted by atomic mass is 10.1. The number of nitrogens with one attached hydrogen (secondary N) is 1. The minimum absolute atomic E-state index is 0.0640. The van der Waals surface area contributed by atoms with Crippen molar-refractivity contribution in [3.05, 3.63) is 71.2 Å². The minimum Gasteiger partial charge on any atom is -0.296 e. The Morgan fingerprint density at radius 1 is 1.07 bits per heavy atom. The molecule has 1 N–H and O–H groups in total. The first-order valence-electron chi connectivity index (χ1n) is 9.03. The molecule has 30 heavy (non-hydrogen) atoms. The molecule has 6 nitrogen and oxygen atoms in total. The highest BCUT2D eigenvalue weighted by molar-refractivity contribution is 7.93. The van der Waals surface area contributed by atoms with Gasteiger partial charge in [0.15, 0.2) is 15.0 Å². The standard InChI is InChI=1S/C20H19F2N3O3S2/c1-11(2)17-19(29-20(24-17)25-18(26)15-9-4-5-10-23-15)30(27,28)12(3)16-13(21)7-6-8-14(16)22/h4-12H,1-3H3,(H,24,25,26). The van der Waals surface area contributed by atoms with E-state index in [0.717, 1.165) is 23.5 Å². The molecule has 0 bridgehead atoms. The molecule has 0 saturated heterocycles. The molecule has 0 aliphatic carbocycles. The van der Waals surface area contributed by atoms with Crippen LogP contribution in [0.2, 0.25) is 0 Å². The molecule has 1 unspecified atom stereocenters. The Bertz CT molecular complexity index is 1160. The zero-order chi connectivity index (χ0) is 22.1. The smallest absolute Gasteiger partial charge is 0.276 e. The van der Waals surface area contributed by atoms with Crippen LogP contribution in [-0.4, -0.2) is 24.3 Å². The predicted octanol–water partition coefficient (Wildman–Crippen LogP) is 4.73. The summed E-state index contributed by atoms with van der Waals surface area (Å²) in [5.74, 6) is -2.73. The molecule has 1 atom stereocenters. The van der Waals surface area contributed by atoms with Crippen molar-refractivity contribution in [3.8, 4) is 0 Å². The number of thiazole rings is 1. The van der Waals surface area contributed by atoms with Gasteiger partial charge >= 0.3 is 0 Å². The summed E-state index contributed by atoms with van der Waals surface area (Å²) in [4.78, 5) is 20.5. The molecule has 0 fully saturated rings. The molecule has 2 heterocycles. The van der Waals surface area contributed by atoms with E-state index < -0.39 is 38.2 Å². The number of hydrogen-bond acceptors (Lipinski definition) is 6. The maximum Gasteiger partial charge on any atom is 0.276 e. The van der Waals surface area contributed by atoms with E-state index in [2.05, 4.69) is 15.3 Å². The summed E-state index contributed by atoms with van der Waals surface area (Å²) in [5, 5.41) is 1.13. The first-order chi connectivity index (χ1) is 14.1. The van der Waals surface area contributed by atoms with Gasteiger partial charge in [-0.25, -0.2) is 22.2 Å². The Kier molecular flexibility index (Phi) is 6.27. The second kappa shape index (κ2) is 8.57. The molecule has 0 saturated carbocycles. The summed E-state index contributed by atoms with van der Waals surface area (Å²) in [7, 11) is -4.18. The first-order valence-corrected chi connectivity index (χ1v) is 11.4. The highest BCUT2D eigenvalue weighted by Gasteiger charge is 2.35. The van der Waals surface area contributed by atoms with Gasteiger partial charge in [-0.3, -0.25) is 15.1 Å². The Balaban J connectivity index is 2.01. The highest BCUT2D eigenvalue weighted by Crippen LogP contribution is 2.39. The average molecular weight is 452 g/mol. The van der Waals surface area contributed by atoms with Crippen molar-refractivity contribution < 1.29 is 22.0 Å². The molecule has 2 aromatic heterocycles. The summed E-state index contributed by atoms with van der Waals surface area (Å²) < 4.78 is 54.7. The number of amides is 1. The van der Waals surface area contributed by atoms with Crippen LogP contribution in [0.15, 0.2) is 46.8 Å². The van der Waals surface area contributed by atoms with Crippen molar-refractivity contribution in [2.75, 3.05) is 5.32 Å². The van der Waals surface area contributed by atoms with E-state index in [9.17, 15) is 22.0 Å². The van der Waals surface area contributed by atoms with E-state index in [1.54, 1.807) is 26.0 Å². The second-order valence-electron chi connectivity index (χ2n) is 6.84. The van der Waals surface area contributed by atoms with E-state index in [4.69, 9.17) is 0 Å². The molecule has 1 aromatic carbocycles. The number of carbonyl (C=O) groups excluding carboxylic acids is 1. The van der Waals surface area contributed by atoms with Gasteiger partial charge in [0.2, 0.25) is 0 Å². The lowest BCUT2D eigenvalue weighted by Gasteiger charge is -2.15. The number of anilines is 1. The van der Waals surface area contributed by atoms with Crippen molar-refractivity contribution in [1.29, 1.82) is 0 Å². The fourth-order valence-corrected chi connectivity index (χ4v) is 6.23. The van der Waals surface area contributed by atoms with Crippen molar-refractivity contribution in [3.63, 3.8) is 0 Å². The first kappa shape index (κ1) is 22.0. The number of carbonyl (C=O) groups is 1. The summed E-state index contributed by atoms with van der Waals surface area (Å²) in [6, 6.07) is 8.00. The SMILES string of the molecule is CC(C)c1nc(NC(=O)c2ccccn2)sc1S(=O)(=O)C(C)c1c(F)cccc1F. The fraction of sp³-hybridized carbons (Fsp3) is 0.250. The highest BCUT2D eigenvalue weighted by atomic mass is 32.2. The molecule has 158 valence electrons. The molecular weight excluding hydrogens is 432 g/mol. The lowest BCUT2D eigenvalue weighted by Crippen LogP contribution is -2.14. The Hall–Kier alpha value is -2.72. The minimum atomic E-state index is -4.18. The number of halogens is 2. The molecule has 3 rings (SSSR count). The van der Waals surface area contributed by atoms with Crippen LogP contribution in [0.1, 0.15) is 53.7 Å². The van der Waals surface area contributed by atoms with Crippen molar-refractivity contribution in [1.82, 2.24) is 9.97 Å². The number of aromatic nitrogens is 2. The van der Waals surface area contributed by atoms with Gasteiger partial charge in [-0.15, -0.1) is 0 Å². The molecule has 0 aliphatic heterocycles.